The van der Waals surface area contributed by atoms with Crippen LogP contribution in [0.2, 0.25) is 0 Å². The van der Waals surface area contributed by atoms with Crippen LogP contribution >= 0.6 is 11.3 Å². The Balaban J connectivity index is 1.76. The van der Waals surface area contributed by atoms with Gasteiger partial charge in [-0.2, -0.15) is 11.3 Å². The lowest BCUT2D eigenvalue weighted by molar-refractivity contribution is 0.00791. The largest absolute Gasteiger partial charge is 0.389 e. The summed E-state index contributed by atoms with van der Waals surface area (Å²) < 4.78 is 5.67. The van der Waals surface area contributed by atoms with E-state index in [-0.39, 0.29) is 0 Å². The summed E-state index contributed by atoms with van der Waals surface area (Å²) in [5.74, 6) is 0.668. The molecule has 0 bridgehead atoms. The van der Waals surface area contributed by atoms with Crippen LogP contribution in [0, 0.1) is 5.92 Å². The summed E-state index contributed by atoms with van der Waals surface area (Å²) in [7, 11) is 0. The molecule has 0 aliphatic carbocycles. The van der Waals surface area contributed by atoms with Gasteiger partial charge in [0.25, 0.3) is 0 Å². The highest BCUT2D eigenvalue weighted by Crippen LogP contribution is 2.12. The molecule has 4 heteroatoms. The summed E-state index contributed by atoms with van der Waals surface area (Å²) >= 11 is 1.72. The fourth-order valence-corrected chi connectivity index (χ4v) is 3.21. The molecule has 24 heavy (non-hydrogen) atoms. The van der Waals surface area contributed by atoms with Gasteiger partial charge in [0.2, 0.25) is 0 Å². The van der Waals surface area contributed by atoms with Crippen LogP contribution in [-0.2, 0) is 17.9 Å². The average Bonchev–Trinajstić information content (AvgIpc) is 3.06. The number of rotatable bonds is 11. The Labute approximate surface area is 149 Å². The molecule has 3 nitrogen and oxygen atoms in total. The molecule has 132 valence electrons. The zero-order chi connectivity index (χ0) is 17.2. The molecular formula is C20H29NO2S. The smallest absolute Gasteiger partial charge is 0.0900 e. The SMILES string of the molecule is CC(C)CCN(Cc1ccsc1)CC(O)COCc1ccccc1. The lowest BCUT2D eigenvalue weighted by atomic mass is 10.1. The van der Waals surface area contributed by atoms with Crippen molar-refractivity contribution in [1.29, 1.82) is 0 Å². The lowest BCUT2D eigenvalue weighted by Gasteiger charge is -2.25. The van der Waals surface area contributed by atoms with E-state index in [2.05, 4.69) is 35.6 Å². The van der Waals surface area contributed by atoms with Crippen LogP contribution in [0.25, 0.3) is 0 Å². The lowest BCUT2D eigenvalue weighted by Crippen LogP contribution is -2.35. The molecule has 2 rings (SSSR count). The number of hydrogen-bond acceptors (Lipinski definition) is 4. The molecular weight excluding hydrogens is 318 g/mol. The van der Waals surface area contributed by atoms with Gasteiger partial charge in [0, 0.05) is 13.1 Å². The molecule has 0 fully saturated rings. The van der Waals surface area contributed by atoms with Gasteiger partial charge in [0.15, 0.2) is 0 Å². The Bertz CT molecular complexity index is 542. The first-order valence-corrected chi connectivity index (χ1v) is 9.61. The van der Waals surface area contributed by atoms with Crippen LogP contribution < -0.4 is 0 Å². The Morgan fingerprint density at radius 3 is 2.58 bits per heavy atom. The summed E-state index contributed by atoms with van der Waals surface area (Å²) in [6.07, 6.45) is 0.682. The van der Waals surface area contributed by atoms with Crippen molar-refractivity contribution in [2.24, 2.45) is 5.92 Å². The van der Waals surface area contributed by atoms with E-state index in [4.69, 9.17) is 4.74 Å². The van der Waals surface area contributed by atoms with Crippen molar-refractivity contribution in [2.45, 2.75) is 39.5 Å². The summed E-state index contributed by atoms with van der Waals surface area (Å²) in [6.45, 7) is 7.95. The second kappa shape index (κ2) is 10.6. The Morgan fingerprint density at radius 1 is 1.12 bits per heavy atom. The first-order valence-electron chi connectivity index (χ1n) is 8.66. The third kappa shape index (κ3) is 7.58. The normalized spacial score (nSPS) is 12.9. The molecule has 1 N–H and O–H groups in total. The molecule has 0 aliphatic rings. The van der Waals surface area contributed by atoms with E-state index >= 15 is 0 Å². The van der Waals surface area contributed by atoms with Crippen molar-refractivity contribution in [3.05, 3.63) is 58.3 Å². The fourth-order valence-electron chi connectivity index (χ4n) is 2.55. The maximum absolute atomic E-state index is 10.3. The molecule has 0 saturated heterocycles. The molecule has 1 unspecified atom stereocenters. The van der Waals surface area contributed by atoms with E-state index in [1.165, 1.54) is 5.56 Å². The standard InChI is InChI=1S/C20H29NO2S/c1-17(2)8-10-21(12-19-9-11-24-16-19)13-20(22)15-23-14-18-6-4-3-5-7-18/h3-7,9,11,16-17,20,22H,8,10,12-15H2,1-2H3. The second-order valence-corrected chi connectivity index (χ2v) is 7.48. The van der Waals surface area contributed by atoms with Crippen molar-refractivity contribution in [3.63, 3.8) is 0 Å². The second-order valence-electron chi connectivity index (χ2n) is 6.70. The summed E-state index contributed by atoms with van der Waals surface area (Å²) in [6, 6.07) is 12.2. The van der Waals surface area contributed by atoms with Crippen molar-refractivity contribution >= 4 is 11.3 Å². The Kier molecular flexibility index (Phi) is 8.47. The predicted octanol–water partition coefficient (Wildman–Crippen LogP) is 4.17. The highest BCUT2D eigenvalue weighted by atomic mass is 32.1. The van der Waals surface area contributed by atoms with Gasteiger partial charge in [-0.05, 0) is 46.8 Å². The van der Waals surface area contributed by atoms with Gasteiger partial charge in [-0.25, -0.2) is 0 Å². The molecule has 0 saturated carbocycles. The molecule has 1 atom stereocenters. The summed E-state index contributed by atoms with van der Waals surface area (Å²) in [4.78, 5) is 2.33. The van der Waals surface area contributed by atoms with Crippen LogP contribution in [0.3, 0.4) is 0 Å². The van der Waals surface area contributed by atoms with Crippen molar-refractivity contribution in [1.82, 2.24) is 4.90 Å². The third-order valence-electron chi connectivity index (χ3n) is 3.90. The van der Waals surface area contributed by atoms with Gasteiger partial charge < -0.3 is 9.84 Å². The van der Waals surface area contributed by atoms with E-state index in [1.54, 1.807) is 11.3 Å². The Hall–Kier alpha value is -1.20. The van der Waals surface area contributed by atoms with Crippen molar-refractivity contribution in [3.8, 4) is 0 Å². The zero-order valence-electron chi connectivity index (χ0n) is 14.7. The van der Waals surface area contributed by atoms with Crippen molar-refractivity contribution < 1.29 is 9.84 Å². The maximum atomic E-state index is 10.3. The molecule has 0 radical (unpaired) electrons. The summed E-state index contributed by atoms with van der Waals surface area (Å²) in [5.41, 5.74) is 2.46. The molecule has 0 aliphatic heterocycles. The van der Waals surface area contributed by atoms with Gasteiger partial charge in [-0.3, -0.25) is 4.90 Å². The molecule has 1 aromatic carbocycles. The van der Waals surface area contributed by atoms with Gasteiger partial charge in [-0.1, -0.05) is 44.2 Å². The van der Waals surface area contributed by atoms with Crippen LogP contribution in [0.1, 0.15) is 31.4 Å². The number of ether oxygens (including phenoxy) is 1. The van der Waals surface area contributed by atoms with Crippen LogP contribution in [0.5, 0.6) is 0 Å². The number of aliphatic hydroxyl groups is 1. The highest BCUT2D eigenvalue weighted by molar-refractivity contribution is 7.07. The number of aliphatic hydroxyl groups excluding tert-OH is 1. The topological polar surface area (TPSA) is 32.7 Å². The zero-order valence-corrected chi connectivity index (χ0v) is 15.5. The molecule has 1 heterocycles. The van der Waals surface area contributed by atoms with Crippen LogP contribution in [0.4, 0.5) is 0 Å². The minimum absolute atomic E-state index is 0.372. The number of benzene rings is 1. The fraction of sp³-hybridized carbons (Fsp3) is 0.500. The molecule has 0 spiro atoms. The predicted molar refractivity (Wildman–Crippen MR) is 101 cm³/mol. The number of hydrogen-bond donors (Lipinski definition) is 1. The van der Waals surface area contributed by atoms with Gasteiger partial charge in [-0.15, -0.1) is 0 Å². The van der Waals surface area contributed by atoms with E-state index in [9.17, 15) is 5.11 Å². The molecule has 1 aromatic heterocycles. The number of thiophene rings is 1. The van der Waals surface area contributed by atoms with Gasteiger partial charge in [0.1, 0.15) is 0 Å². The van der Waals surface area contributed by atoms with E-state index in [0.29, 0.717) is 25.7 Å². The minimum Gasteiger partial charge on any atom is -0.389 e. The van der Waals surface area contributed by atoms with Crippen molar-refractivity contribution in [2.75, 3.05) is 19.7 Å². The van der Waals surface area contributed by atoms with Crippen LogP contribution in [-0.4, -0.2) is 35.8 Å². The van der Waals surface area contributed by atoms with E-state index in [1.807, 2.05) is 30.3 Å². The van der Waals surface area contributed by atoms with Gasteiger partial charge in [0.05, 0.1) is 19.3 Å². The first-order chi connectivity index (χ1) is 11.6. The monoisotopic (exact) mass is 347 g/mol. The summed E-state index contributed by atoms with van der Waals surface area (Å²) in [5, 5.41) is 14.6. The third-order valence-corrected chi connectivity index (χ3v) is 4.63. The quantitative estimate of drug-likeness (QED) is 0.662. The maximum Gasteiger partial charge on any atom is 0.0900 e. The van der Waals surface area contributed by atoms with Crippen LogP contribution in [0.15, 0.2) is 47.2 Å². The first kappa shape index (κ1) is 19.1. The average molecular weight is 348 g/mol. The van der Waals surface area contributed by atoms with E-state index in [0.717, 1.165) is 25.1 Å². The molecule has 2 aromatic rings. The highest BCUT2D eigenvalue weighted by Gasteiger charge is 2.13. The number of nitrogens with zero attached hydrogens (tertiary/aromatic N) is 1. The molecule has 0 amide bonds. The Morgan fingerprint density at radius 2 is 1.92 bits per heavy atom. The minimum atomic E-state index is -0.459. The van der Waals surface area contributed by atoms with Gasteiger partial charge >= 0.3 is 0 Å². The van der Waals surface area contributed by atoms with E-state index < -0.39 is 6.10 Å².